The maximum absolute atomic E-state index is 10.4. The van der Waals surface area contributed by atoms with Crippen molar-refractivity contribution in [1.29, 1.82) is 0 Å². The molecule has 2 aromatic carbocycles. The Kier molecular flexibility index (Phi) is 5.54. The molecule has 0 saturated carbocycles. The van der Waals surface area contributed by atoms with Crippen LogP contribution in [0.25, 0.3) is 0 Å². The molecule has 0 aromatic heterocycles. The fourth-order valence-electron chi connectivity index (χ4n) is 3.34. The lowest BCUT2D eigenvalue weighted by Gasteiger charge is -2.30. The fourth-order valence-corrected chi connectivity index (χ4v) is 3.34. The van der Waals surface area contributed by atoms with E-state index in [0.29, 0.717) is 19.1 Å². The Morgan fingerprint density at radius 2 is 1.75 bits per heavy atom. The molecule has 128 valence electrons. The quantitative estimate of drug-likeness (QED) is 0.881. The Bertz CT molecular complexity index is 668. The van der Waals surface area contributed by atoms with Crippen molar-refractivity contribution in [3.05, 3.63) is 65.2 Å². The number of hydrogen-bond donors (Lipinski definition) is 1. The highest BCUT2D eigenvalue weighted by atomic mass is 16.5. The molecule has 0 spiro atoms. The molecular formula is C21H27NO2. The van der Waals surface area contributed by atoms with Crippen molar-refractivity contribution in [3.63, 3.8) is 0 Å². The largest absolute Gasteiger partial charge is 0.491 e. The van der Waals surface area contributed by atoms with Crippen LogP contribution in [0.3, 0.4) is 0 Å². The molecule has 1 aliphatic rings. The lowest BCUT2D eigenvalue weighted by Crippen LogP contribution is -2.38. The van der Waals surface area contributed by atoms with Gasteiger partial charge in [-0.05, 0) is 35.1 Å². The average molecular weight is 325 g/mol. The summed E-state index contributed by atoms with van der Waals surface area (Å²) in [6.07, 6.45) is 0.579. The Hall–Kier alpha value is -1.84. The first-order chi connectivity index (χ1) is 11.6. The number of β-amino-alcohol motifs (C(OH)–C–C–N with tert-alkyl or cyclic N) is 1. The van der Waals surface area contributed by atoms with E-state index in [4.69, 9.17) is 4.74 Å². The molecule has 3 rings (SSSR count). The first-order valence-corrected chi connectivity index (χ1v) is 8.82. The van der Waals surface area contributed by atoms with Gasteiger partial charge in [0.25, 0.3) is 0 Å². The van der Waals surface area contributed by atoms with Crippen LogP contribution in [0.15, 0.2) is 48.5 Å². The summed E-state index contributed by atoms with van der Waals surface area (Å²) in [6.45, 7) is 7.21. The standard InChI is InChI=1S/C21H27NO2/c1-16(2)20-9-5-6-10-21(20)24-15-19(23)14-22-12-11-17-7-3-4-8-18(17)13-22/h3-10,16,19,23H,11-15H2,1-2H3/t19-/m1/s1. The number of ether oxygens (including phenoxy) is 1. The van der Waals surface area contributed by atoms with Crippen LogP contribution >= 0.6 is 0 Å². The van der Waals surface area contributed by atoms with Gasteiger partial charge in [-0.2, -0.15) is 0 Å². The highest BCUT2D eigenvalue weighted by Gasteiger charge is 2.19. The van der Waals surface area contributed by atoms with Crippen molar-refractivity contribution in [3.8, 4) is 5.75 Å². The SMILES string of the molecule is CC(C)c1ccccc1OC[C@H](O)CN1CCc2ccccc2C1. The molecule has 0 radical (unpaired) electrons. The molecule has 0 unspecified atom stereocenters. The molecule has 0 fully saturated rings. The van der Waals surface area contributed by atoms with Crippen molar-refractivity contribution in [2.75, 3.05) is 19.7 Å². The third-order valence-corrected chi connectivity index (χ3v) is 4.65. The van der Waals surface area contributed by atoms with Crippen LogP contribution in [0.5, 0.6) is 5.75 Å². The van der Waals surface area contributed by atoms with Gasteiger partial charge in [-0.15, -0.1) is 0 Å². The van der Waals surface area contributed by atoms with Crippen molar-refractivity contribution >= 4 is 0 Å². The molecular weight excluding hydrogens is 298 g/mol. The van der Waals surface area contributed by atoms with Gasteiger partial charge in [0, 0.05) is 19.6 Å². The highest BCUT2D eigenvalue weighted by molar-refractivity contribution is 5.35. The van der Waals surface area contributed by atoms with Gasteiger partial charge in [0.05, 0.1) is 0 Å². The van der Waals surface area contributed by atoms with Crippen LogP contribution in [-0.2, 0) is 13.0 Å². The molecule has 1 heterocycles. The highest BCUT2D eigenvalue weighted by Crippen LogP contribution is 2.26. The van der Waals surface area contributed by atoms with Crippen LogP contribution in [0.4, 0.5) is 0 Å². The van der Waals surface area contributed by atoms with Crippen molar-refractivity contribution < 1.29 is 9.84 Å². The molecule has 24 heavy (non-hydrogen) atoms. The number of benzene rings is 2. The van der Waals surface area contributed by atoms with E-state index in [2.05, 4.69) is 49.1 Å². The van der Waals surface area contributed by atoms with E-state index in [1.807, 2.05) is 18.2 Å². The van der Waals surface area contributed by atoms with Crippen LogP contribution < -0.4 is 4.74 Å². The van der Waals surface area contributed by atoms with Gasteiger partial charge in [-0.1, -0.05) is 56.3 Å². The summed E-state index contributed by atoms with van der Waals surface area (Å²) >= 11 is 0. The van der Waals surface area contributed by atoms with E-state index in [0.717, 1.165) is 25.3 Å². The first-order valence-electron chi connectivity index (χ1n) is 8.82. The second-order valence-electron chi connectivity index (χ2n) is 6.91. The van der Waals surface area contributed by atoms with Crippen LogP contribution in [0.1, 0.15) is 36.5 Å². The third kappa shape index (κ3) is 4.16. The zero-order valence-electron chi connectivity index (χ0n) is 14.6. The van der Waals surface area contributed by atoms with E-state index < -0.39 is 6.10 Å². The predicted octanol–water partition coefficient (Wildman–Crippen LogP) is 3.61. The molecule has 1 atom stereocenters. The molecule has 3 heteroatoms. The lowest BCUT2D eigenvalue weighted by atomic mass is 10.00. The Morgan fingerprint density at radius 1 is 1.04 bits per heavy atom. The van der Waals surface area contributed by atoms with Crippen LogP contribution in [-0.4, -0.2) is 35.8 Å². The van der Waals surface area contributed by atoms with E-state index in [1.54, 1.807) is 0 Å². The number of fused-ring (bicyclic) bond motifs is 1. The van der Waals surface area contributed by atoms with Gasteiger partial charge >= 0.3 is 0 Å². The minimum atomic E-state index is -0.476. The van der Waals surface area contributed by atoms with Gasteiger partial charge in [0.15, 0.2) is 0 Å². The second-order valence-corrected chi connectivity index (χ2v) is 6.91. The number of hydrogen-bond acceptors (Lipinski definition) is 3. The Labute approximate surface area is 144 Å². The van der Waals surface area contributed by atoms with Crippen molar-refractivity contribution in [2.45, 2.75) is 38.8 Å². The predicted molar refractivity (Wildman–Crippen MR) is 97.5 cm³/mol. The summed E-state index contributed by atoms with van der Waals surface area (Å²) in [4.78, 5) is 2.31. The summed E-state index contributed by atoms with van der Waals surface area (Å²) in [7, 11) is 0. The number of para-hydroxylation sites is 1. The molecule has 2 aromatic rings. The molecule has 3 nitrogen and oxygen atoms in total. The van der Waals surface area contributed by atoms with E-state index in [-0.39, 0.29) is 0 Å². The van der Waals surface area contributed by atoms with Gasteiger partial charge < -0.3 is 9.84 Å². The zero-order valence-corrected chi connectivity index (χ0v) is 14.6. The fraction of sp³-hybridized carbons (Fsp3) is 0.429. The number of aliphatic hydroxyl groups excluding tert-OH is 1. The van der Waals surface area contributed by atoms with Crippen molar-refractivity contribution in [1.82, 2.24) is 4.90 Å². The Balaban J connectivity index is 1.53. The van der Waals surface area contributed by atoms with Crippen molar-refractivity contribution in [2.24, 2.45) is 0 Å². The summed E-state index contributed by atoms with van der Waals surface area (Å²) in [5, 5.41) is 10.4. The normalized spacial score (nSPS) is 16.0. The Morgan fingerprint density at radius 3 is 2.54 bits per heavy atom. The number of aliphatic hydroxyl groups is 1. The minimum absolute atomic E-state index is 0.335. The molecule has 0 amide bonds. The second kappa shape index (κ2) is 7.82. The van der Waals surface area contributed by atoms with Gasteiger partial charge in [0.1, 0.15) is 18.5 Å². The maximum Gasteiger partial charge on any atom is 0.122 e. The molecule has 1 aliphatic heterocycles. The summed E-state index contributed by atoms with van der Waals surface area (Å²) in [6, 6.07) is 16.7. The summed E-state index contributed by atoms with van der Waals surface area (Å²) in [5.41, 5.74) is 4.00. The minimum Gasteiger partial charge on any atom is -0.491 e. The van der Waals surface area contributed by atoms with E-state index in [9.17, 15) is 5.11 Å². The molecule has 1 N–H and O–H groups in total. The van der Waals surface area contributed by atoms with Crippen LogP contribution in [0, 0.1) is 0 Å². The van der Waals surface area contributed by atoms with E-state index >= 15 is 0 Å². The first kappa shape index (κ1) is 17.0. The molecule has 0 bridgehead atoms. The maximum atomic E-state index is 10.4. The van der Waals surface area contributed by atoms with Gasteiger partial charge in [0.2, 0.25) is 0 Å². The van der Waals surface area contributed by atoms with Crippen LogP contribution in [0.2, 0.25) is 0 Å². The smallest absolute Gasteiger partial charge is 0.122 e. The monoisotopic (exact) mass is 325 g/mol. The molecule has 0 aliphatic carbocycles. The topological polar surface area (TPSA) is 32.7 Å². The lowest BCUT2D eigenvalue weighted by molar-refractivity contribution is 0.0634. The van der Waals surface area contributed by atoms with Gasteiger partial charge in [-0.25, -0.2) is 0 Å². The average Bonchev–Trinajstić information content (AvgIpc) is 2.60. The summed E-state index contributed by atoms with van der Waals surface area (Å²) < 4.78 is 5.89. The zero-order chi connectivity index (χ0) is 16.9. The third-order valence-electron chi connectivity index (χ3n) is 4.65. The summed E-state index contributed by atoms with van der Waals surface area (Å²) in [5.74, 6) is 1.30. The van der Waals surface area contributed by atoms with E-state index in [1.165, 1.54) is 16.7 Å². The van der Waals surface area contributed by atoms with Gasteiger partial charge in [-0.3, -0.25) is 4.90 Å². The molecule has 0 saturated heterocycles. The number of nitrogens with zero attached hydrogens (tertiary/aromatic N) is 1. The number of rotatable bonds is 6.